The van der Waals surface area contributed by atoms with E-state index in [0.717, 1.165) is 16.7 Å². The van der Waals surface area contributed by atoms with Crippen LogP contribution < -0.4 is 9.47 Å². The lowest BCUT2D eigenvalue weighted by Crippen LogP contribution is -2.01. The summed E-state index contributed by atoms with van der Waals surface area (Å²) in [5.41, 5.74) is 2.09. The molecule has 0 atom stereocenters. The summed E-state index contributed by atoms with van der Waals surface area (Å²) in [5, 5.41) is 0.866. The number of rotatable bonds is 4. The number of ether oxygens (including phenoxy) is 2. The molecule has 0 aliphatic heterocycles. The third kappa shape index (κ3) is 2.68. The number of nitrogens with zero attached hydrogens (tertiary/aromatic N) is 1. The molecule has 0 saturated heterocycles. The van der Waals surface area contributed by atoms with Crippen molar-refractivity contribution < 1.29 is 14.3 Å². The van der Waals surface area contributed by atoms with Gasteiger partial charge in [0.15, 0.2) is 5.75 Å². The normalized spacial score (nSPS) is 10.6. The molecule has 112 valence electrons. The Morgan fingerprint density at radius 2 is 1.82 bits per heavy atom. The number of hydrogen-bond acceptors (Lipinski definition) is 3. The van der Waals surface area contributed by atoms with Gasteiger partial charge in [-0.1, -0.05) is 36.4 Å². The molecule has 1 heterocycles. The molecular weight excluding hydrogens is 278 g/mol. The Kier molecular flexibility index (Phi) is 3.83. The van der Waals surface area contributed by atoms with Crippen molar-refractivity contribution in [2.45, 2.75) is 13.5 Å². The lowest BCUT2D eigenvalue weighted by molar-refractivity contribution is -0.131. The van der Waals surface area contributed by atoms with E-state index in [9.17, 15) is 4.79 Å². The summed E-state index contributed by atoms with van der Waals surface area (Å²) in [6, 6.07) is 15.8. The Labute approximate surface area is 128 Å². The highest BCUT2D eigenvalue weighted by atomic mass is 16.5. The van der Waals surface area contributed by atoms with Crippen LogP contribution in [-0.4, -0.2) is 17.6 Å². The van der Waals surface area contributed by atoms with Crippen molar-refractivity contribution in [2.75, 3.05) is 7.11 Å². The van der Waals surface area contributed by atoms with Crippen molar-refractivity contribution >= 4 is 16.9 Å². The Balaban J connectivity index is 2.13. The highest BCUT2D eigenvalue weighted by molar-refractivity contribution is 5.93. The molecule has 1 aromatic heterocycles. The summed E-state index contributed by atoms with van der Waals surface area (Å²) in [7, 11) is 1.64. The van der Waals surface area contributed by atoms with Crippen molar-refractivity contribution in [3.63, 3.8) is 0 Å². The molecule has 0 unspecified atom stereocenters. The molecule has 0 aliphatic rings. The third-order valence-electron chi connectivity index (χ3n) is 3.49. The highest BCUT2D eigenvalue weighted by Gasteiger charge is 2.15. The van der Waals surface area contributed by atoms with Crippen LogP contribution >= 0.6 is 0 Å². The fourth-order valence-electron chi connectivity index (χ4n) is 2.60. The van der Waals surface area contributed by atoms with Gasteiger partial charge in [-0.15, -0.1) is 0 Å². The van der Waals surface area contributed by atoms with Crippen LogP contribution in [0.3, 0.4) is 0 Å². The van der Waals surface area contributed by atoms with Crippen molar-refractivity contribution in [2.24, 2.45) is 0 Å². The van der Waals surface area contributed by atoms with Crippen molar-refractivity contribution in [1.29, 1.82) is 0 Å². The first kappa shape index (κ1) is 14.2. The van der Waals surface area contributed by atoms with E-state index in [1.807, 2.05) is 47.2 Å². The van der Waals surface area contributed by atoms with Crippen LogP contribution in [0.25, 0.3) is 10.9 Å². The van der Waals surface area contributed by atoms with Gasteiger partial charge in [0.25, 0.3) is 0 Å². The standard InChI is InChI=1S/C18H17NO3/c1-13(20)22-17-12-19(11-14-7-4-3-5-8-14)18-15(17)9-6-10-16(18)21-2/h3-10,12H,11H2,1-2H3. The first-order valence-corrected chi connectivity index (χ1v) is 7.07. The molecule has 0 N–H and O–H groups in total. The maximum absolute atomic E-state index is 11.3. The van der Waals surface area contributed by atoms with Gasteiger partial charge >= 0.3 is 5.97 Å². The minimum atomic E-state index is -0.332. The zero-order chi connectivity index (χ0) is 15.5. The molecule has 0 amide bonds. The van der Waals surface area contributed by atoms with E-state index in [1.54, 1.807) is 7.11 Å². The molecule has 0 saturated carbocycles. The van der Waals surface area contributed by atoms with Crippen LogP contribution in [0.15, 0.2) is 54.7 Å². The second kappa shape index (κ2) is 5.93. The number of carbonyl (C=O) groups excluding carboxylic acids is 1. The van der Waals surface area contributed by atoms with Gasteiger partial charge in [-0.25, -0.2) is 0 Å². The molecule has 0 aliphatic carbocycles. The number of aromatic nitrogens is 1. The van der Waals surface area contributed by atoms with Gasteiger partial charge in [-0.05, 0) is 17.7 Å². The zero-order valence-corrected chi connectivity index (χ0v) is 12.6. The van der Waals surface area contributed by atoms with Gasteiger partial charge in [-0.3, -0.25) is 4.79 Å². The topological polar surface area (TPSA) is 40.5 Å². The minimum Gasteiger partial charge on any atom is -0.495 e. The van der Waals surface area contributed by atoms with Crippen LogP contribution in [0.5, 0.6) is 11.5 Å². The molecule has 4 nitrogen and oxygen atoms in total. The van der Waals surface area contributed by atoms with Gasteiger partial charge in [0, 0.05) is 25.1 Å². The van der Waals surface area contributed by atoms with E-state index in [2.05, 4.69) is 12.1 Å². The molecule has 0 radical (unpaired) electrons. The van der Waals surface area contributed by atoms with Crippen LogP contribution in [0, 0.1) is 0 Å². The van der Waals surface area contributed by atoms with E-state index < -0.39 is 0 Å². The molecule has 0 fully saturated rings. The number of esters is 1. The smallest absolute Gasteiger partial charge is 0.308 e. The van der Waals surface area contributed by atoms with Gasteiger partial charge < -0.3 is 14.0 Å². The summed E-state index contributed by atoms with van der Waals surface area (Å²) in [4.78, 5) is 11.3. The average Bonchev–Trinajstić information content (AvgIpc) is 2.85. The van der Waals surface area contributed by atoms with Crippen LogP contribution in [0.2, 0.25) is 0 Å². The van der Waals surface area contributed by atoms with Crippen molar-refractivity contribution in [1.82, 2.24) is 4.57 Å². The lowest BCUT2D eigenvalue weighted by Gasteiger charge is -2.08. The fraction of sp³-hybridized carbons (Fsp3) is 0.167. The Hall–Kier alpha value is -2.75. The molecule has 4 heteroatoms. The number of carbonyl (C=O) groups is 1. The summed E-state index contributed by atoms with van der Waals surface area (Å²) in [6.07, 6.45) is 1.85. The predicted octanol–water partition coefficient (Wildman–Crippen LogP) is 3.62. The monoisotopic (exact) mass is 295 g/mol. The maximum Gasteiger partial charge on any atom is 0.308 e. The summed E-state index contributed by atoms with van der Waals surface area (Å²) in [5.74, 6) is 0.978. The maximum atomic E-state index is 11.3. The van der Waals surface area contributed by atoms with E-state index in [0.29, 0.717) is 12.3 Å². The summed E-state index contributed by atoms with van der Waals surface area (Å²) in [6.45, 7) is 2.08. The molecule has 3 rings (SSSR count). The number of hydrogen-bond donors (Lipinski definition) is 0. The molecule has 22 heavy (non-hydrogen) atoms. The van der Waals surface area contributed by atoms with Crippen molar-refractivity contribution in [3.05, 3.63) is 60.3 Å². The van der Waals surface area contributed by atoms with Gasteiger partial charge in [0.2, 0.25) is 0 Å². The van der Waals surface area contributed by atoms with E-state index in [-0.39, 0.29) is 5.97 Å². The second-order valence-electron chi connectivity index (χ2n) is 5.06. The largest absolute Gasteiger partial charge is 0.495 e. The van der Waals surface area contributed by atoms with Crippen molar-refractivity contribution in [3.8, 4) is 11.5 Å². The minimum absolute atomic E-state index is 0.332. The molecule has 3 aromatic rings. The molecule has 0 bridgehead atoms. The summed E-state index contributed by atoms with van der Waals surface area (Å²) >= 11 is 0. The average molecular weight is 295 g/mol. The van der Waals surface area contributed by atoms with Gasteiger partial charge in [-0.2, -0.15) is 0 Å². The van der Waals surface area contributed by atoms with Crippen LogP contribution in [-0.2, 0) is 11.3 Å². The second-order valence-corrected chi connectivity index (χ2v) is 5.06. The Bertz CT molecular complexity index is 806. The quantitative estimate of drug-likeness (QED) is 0.690. The number of fused-ring (bicyclic) bond motifs is 1. The molecular formula is C18H17NO3. The Morgan fingerprint density at radius 3 is 2.50 bits per heavy atom. The van der Waals surface area contributed by atoms with Gasteiger partial charge in [0.1, 0.15) is 5.75 Å². The third-order valence-corrected chi connectivity index (χ3v) is 3.49. The highest BCUT2D eigenvalue weighted by Crippen LogP contribution is 2.34. The Morgan fingerprint density at radius 1 is 1.05 bits per heavy atom. The molecule has 2 aromatic carbocycles. The van der Waals surface area contributed by atoms with E-state index in [1.165, 1.54) is 12.5 Å². The number of methoxy groups -OCH3 is 1. The van der Waals surface area contributed by atoms with E-state index in [4.69, 9.17) is 9.47 Å². The first-order valence-electron chi connectivity index (χ1n) is 7.07. The van der Waals surface area contributed by atoms with Crippen LogP contribution in [0.4, 0.5) is 0 Å². The zero-order valence-electron chi connectivity index (χ0n) is 12.6. The lowest BCUT2D eigenvalue weighted by atomic mass is 10.2. The summed E-state index contributed by atoms with van der Waals surface area (Å²) < 4.78 is 12.8. The first-order chi connectivity index (χ1) is 10.7. The fourth-order valence-corrected chi connectivity index (χ4v) is 2.60. The predicted molar refractivity (Wildman–Crippen MR) is 85.3 cm³/mol. The van der Waals surface area contributed by atoms with Crippen LogP contribution in [0.1, 0.15) is 12.5 Å². The SMILES string of the molecule is COc1cccc2c(OC(C)=O)cn(Cc3ccccc3)c12. The number of benzene rings is 2. The van der Waals surface area contributed by atoms with E-state index >= 15 is 0 Å². The van der Waals surface area contributed by atoms with Gasteiger partial charge in [0.05, 0.1) is 12.6 Å². The number of para-hydroxylation sites is 1. The molecule has 0 spiro atoms.